The summed E-state index contributed by atoms with van der Waals surface area (Å²) >= 11 is 0. The van der Waals surface area contributed by atoms with Crippen LogP contribution in [0.1, 0.15) is 16.2 Å². The predicted molar refractivity (Wildman–Crippen MR) is 80.7 cm³/mol. The molecule has 8 nitrogen and oxygen atoms in total. The molecule has 124 valence electrons. The van der Waals surface area contributed by atoms with Gasteiger partial charge in [-0.15, -0.1) is 0 Å². The number of rotatable bonds is 6. The first-order valence-electron chi connectivity index (χ1n) is 6.97. The first-order chi connectivity index (χ1) is 11.7. The maximum Gasteiger partial charge on any atom is 0.337 e. The Morgan fingerprint density at radius 1 is 1.21 bits per heavy atom. The van der Waals surface area contributed by atoms with Crippen LogP contribution in [0, 0.1) is 0 Å². The minimum Gasteiger partial charge on any atom is -0.493 e. The van der Waals surface area contributed by atoms with Gasteiger partial charge in [-0.2, -0.15) is 4.98 Å². The van der Waals surface area contributed by atoms with Crippen LogP contribution in [-0.2, 0) is 11.3 Å². The smallest absolute Gasteiger partial charge is 0.337 e. The van der Waals surface area contributed by atoms with E-state index in [4.69, 9.17) is 18.4 Å². The van der Waals surface area contributed by atoms with Crippen LogP contribution < -0.4 is 9.47 Å². The van der Waals surface area contributed by atoms with E-state index in [9.17, 15) is 4.79 Å². The van der Waals surface area contributed by atoms with Gasteiger partial charge in [-0.25, -0.2) is 4.79 Å². The van der Waals surface area contributed by atoms with E-state index in [0.717, 1.165) is 0 Å². The average molecular weight is 330 g/mol. The lowest BCUT2D eigenvalue weighted by atomic mass is 10.2. The van der Waals surface area contributed by atoms with Gasteiger partial charge in [-0.1, -0.05) is 5.16 Å². The Morgan fingerprint density at radius 2 is 2.08 bits per heavy atom. The van der Waals surface area contributed by atoms with Crippen molar-refractivity contribution >= 4 is 5.97 Å². The van der Waals surface area contributed by atoms with Gasteiger partial charge in [0.05, 0.1) is 26.0 Å². The molecule has 0 fully saturated rings. The van der Waals surface area contributed by atoms with Gasteiger partial charge in [-0.3, -0.25) is 0 Å². The molecule has 2 heterocycles. The quantitative estimate of drug-likeness (QED) is 0.636. The lowest BCUT2D eigenvalue weighted by molar-refractivity contribution is 0.0600. The second kappa shape index (κ2) is 6.86. The Kier molecular flexibility index (Phi) is 4.46. The number of aromatic nitrogens is 2. The van der Waals surface area contributed by atoms with Crippen LogP contribution in [0.3, 0.4) is 0 Å². The molecule has 0 N–H and O–H groups in total. The number of furan rings is 1. The molecule has 8 heteroatoms. The van der Waals surface area contributed by atoms with Gasteiger partial charge in [0.1, 0.15) is 0 Å². The van der Waals surface area contributed by atoms with Crippen molar-refractivity contribution in [2.45, 2.75) is 6.61 Å². The van der Waals surface area contributed by atoms with E-state index < -0.39 is 5.97 Å². The molecule has 0 aliphatic rings. The molecule has 3 aromatic rings. The zero-order valence-corrected chi connectivity index (χ0v) is 13.0. The SMILES string of the molecule is COC(=O)c1ccc(OCc2noc(-c3ccco3)n2)c(OC)c1. The van der Waals surface area contributed by atoms with Gasteiger partial charge < -0.3 is 23.2 Å². The molecule has 3 rings (SSSR count). The third kappa shape index (κ3) is 3.22. The van der Waals surface area contributed by atoms with Crippen molar-refractivity contribution in [3.8, 4) is 23.1 Å². The molecular weight excluding hydrogens is 316 g/mol. The third-order valence-electron chi connectivity index (χ3n) is 3.14. The number of ether oxygens (including phenoxy) is 3. The highest BCUT2D eigenvalue weighted by Crippen LogP contribution is 2.29. The summed E-state index contributed by atoms with van der Waals surface area (Å²) in [6, 6.07) is 8.16. The highest BCUT2D eigenvalue weighted by atomic mass is 16.5. The summed E-state index contributed by atoms with van der Waals surface area (Å²) in [5.74, 6) is 1.48. The van der Waals surface area contributed by atoms with Gasteiger partial charge in [0, 0.05) is 0 Å². The van der Waals surface area contributed by atoms with Gasteiger partial charge in [-0.05, 0) is 30.3 Å². The Hall–Kier alpha value is -3.29. The number of hydrogen-bond acceptors (Lipinski definition) is 8. The molecule has 0 aliphatic heterocycles. The molecule has 0 atom stereocenters. The van der Waals surface area contributed by atoms with Crippen LogP contribution in [0.5, 0.6) is 11.5 Å². The van der Waals surface area contributed by atoms with Gasteiger partial charge in [0.25, 0.3) is 5.89 Å². The molecule has 0 aliphatic carbocycles. The highest BCUT2D eigenvalue weighted by molar-refractivity contribution is 5.90. The van der Waals surface area contributed by atoms with Crippen molar-refractivity contribution in [2.24, 2.45) is 0 Å². The molecule has 0 saturated carbocycles. The largest absolute Gasteiger partial charge is 0.493 e. The second-order valence-corrected chi connectivity index (χ2v) is 4.64. The molecule has 0 unspecified atom stereocenters. The number of hydrogen-bond donors (Lipinski definition) is 0. The molecular formula is C16H14N2O6. The van der Waals surface area contributed by atoms with Crippen LogP contribution in [0.2, 0.25) is 0 Å². The zero-order valence-electron chi connectivity index (χ0n) is 13.0. The van der Waals surface area contributed by atoms with Gasteiger partial charge in [0.2, 0.25) is 5.82 Å². The Balaban J connectivity index is 1.71. The van der Waals surface area contributed by atoms with Crippen LogP contribution in [0.25, 0.3) is 11.7 Å². The third-order valence-corrected chi connectivity index (χ3v) is 3.14. The summed E-state index contributed by atoms with van der Waals surface area (Å²) in [6.45, 7) is 0.0676. The average Bonchev–Trinajstić information content (AvgIpc) is 3.30. The first-order valence-corrected chi connectivity index (χ1v) is 6.97. The van der Waals surface area contributed by atoms with E-state index in [1.807, 2.05) is 0 Å². The first kappa shape index (κ1) is 15.6. The molecule has 0 amide bonds. The minimum absolute atomic E-state index is 0.0676. The lowest BCUT2D eigenvalue weighted by Crippen LogP contribution is -2.03. The fraction of sp³-hybridized carbons (Fsp3) is 0.188. The molecule has 1 aromatic carbocycles. The molecule has 0 radical (unpaired) electrons. The van der Waals surface area contributed by atoms with E-state index in [-0.39, 0.29) is 12.5 Å². The van der Waals surface area contributed by atoms with Crippen molar-refractivity contribution < 1.29 is 27.9 Å². The topological polar surface area (TPSA) is 96.8 Å². The van der Waals surface area contributed by atoms with E-state index in [0.29, 0.717) is 28.6 Å². The molecule has 0 saturated heterocycles. The van der Waals surface area contributed by atoms with E-state index in [1.165, 1.54) is 26.5 Å². The number of nitrogens with zero attached hydrogens (tertiary/aromatic N) is 2. The van der Waals surface area contributed by atoms with Gasteiger partial charge in [0.15, 0.2) is 23.9 Å². The van der Waals surface area contributed by atoms with Crippen molar-refractivity contribution in [3.63, 3.8) is 0 Å². The Bertz CT molecular complexity index is 825. The number of carbonyl (C=O) groups is 1. The van der Waals surface area contributed by atoms with E-state index in [1.54, 1.807) is 24.3 Å². The van der Waals surface area contributed by atoms with Crippen LogP contribution in [-0.4, -0.2) is 30.3 Å². The molecule has 2 aromatic heterocycles. The fourth-order valence-electron chi connectivity index (χ4n) is 1.99. The number of esters is 1. The Morgan fingerprint density at radius 3 is 2.79 bits per heavy atom. The number of methoxy groups -OCH3 is 2. The molecule has 0 spiro atoms. The van der Waals surface area contributed by atoms with Crippen LogP contribution in [0.15, 0.2) is 45.5 Å². The summed E-state index contributed by atoms with van der Waals surface area (Å²) in [7, 11) is 2.79. The second-order valence-electron chi connectivity index (χ2n) is 4.64. The fourth-order valence-corrected chi connectivity index (χ4v) is 1.99. The Labute approximate surface area is 136 Å². The molecule has 0 bridgehead atoms. The maximum absolute atomic E-state index is 11.5. The van der Waals surface area contributed by atoms with E-state index in [2.05, 4.69) is 14.9 Å². The van der Waals surface area contributed by atoms with Crippen LogP contribution in [0.4, 0.5) is 0 Å². The number of carbonyl (C=O) groups excluding carboxylic acids is 1. The summed E-state index contributed by atoms with van der Waals surface area (Å²) in [5.41, 5.74) is 0.362. The lowest BCUT2D eigenvalue weighted by Gasteiger charge is -2.10. The predicted octanol–water partition coefficient (Wildman–Crippen LogP) is 2.70. The standard InChI is InChI=1S/C16H14N2O6/c1-20-13-8-10(16(19)21-2)5-6-11(13)23-9-14-17-15(24-18-14)12-4-3-7-22-12/h3-8H,9H2,1-2H3. The summed E-state index contributed by atoms with van der Waals surface area (Å²) in [6.07, 6.45) is 1.52. The van der Waals surface area contributed by atoms with Crippen LogP contribution >= 0.6 is 0 Å². The van der Waals surface area contributed by atoms with Crippen molar-refractivity contribution in [1.29, 1.82) is 0 Å². The van der Waals surface area contributed by atoms with Crippen molar-refractivity contribution in [2.75, 3.05) is 14.2 Å². The zero-order chi connectivity index (χ0) is 16.9. The minimum atomic E-state index is -0.457. The van der Waals surface area contributed by atoms with E-state index >= 15 is 0 Å². The van der Waals surface area contributed by atoms with Crippen molar-refractivity contribution in [3.05, 3.63) is 48.0 Å². The highest BCUT2D eigenvalue weighted by Gasteiger charge is 2.14. The molecule has 24 heavy (non-hydrogen) atoms. The summed E-state index contributed by atoms with van der Waals surface area (Å²) < 4.78 is 25.8. The van der Waals surface area contributed by atoms with Crippen molar-refractivity contribution in [1.82, 2.24) is 10.1 Å². The normalized spacial score (nSPS) is 10.4. The number of benzene rings is 1. The van der Waals surface area contributed by atoms with Gasteiger partial charge >= 0.3 is 5.97 Å². The monoisotopic (exact) mass is 330 g/mol. The summed E-state index contributed by atoms with van der Waals surface area (Å²) in [4.78, 5) is 15.7. The summed E-state index contributed by atoms with van der Waals surface area (Å²) in [5, 5.41) is 3.82. The maximum atomic E-state index is 11.5.